The third kappa shape index (κ3) is 3.65. The molecule has 2 aromatic carbocycles. The van der Waals surface area contributed by atoms with Gasteiger partial charge in [-0.25, -0.2) is 0 Å². The highest BCUT2D eigenvalue weighted by Crippen LogP contribution is 2.28. The van der Waals surface area contributed by atoms with Crippen LogP contribution in [0.2, 0.25) is 0 Å². The van der Waals surface area contributed by atoms with Crippen LogP contribution in [0.1, 0.15) is 12.5 Å². The molecule has 0 aliphatic heterocycles. The fraction of sp³-hybridized carbons (Fsp3) is 0.100. The van der Waals surface area contributed by atoms with Crippen molar-refractivity contribution in [2.24, 2.45) is 0 Å². The van der Waals surface area contributed by atoms with Gasteiger partial charge in [0.2, 0.25) is 0 Å². The zero-order valence-corrected chi connectivity index (χ0v) is 15.1. The van der Waals surface area contributed by atoms with Gasteiger partial charge >= 0.3 is 0 Å². The van der Waals surface area contributed by atoms with E-state index >= 15 is 0 Å². The number of aromatic amines is 1. The fourth-order valence-corrected chi connectivity index (χ4v) is 3.01. The van der Waals surface area contributed by atoms with Crippen molar-refractivity contribution in [1.29, 1.82) is 5.26 Å². The Morgan fingerprint density at radius 3 is 2.52 bits per heavy atom. The maximum Gasteiger partial charge on any atom is 0.266 e. The van der Waals surface area contributed by atoms with E-state index in [2.05, 4.69) is 20.9 Å². The molecule has 0 amide bonds. The Bertz CT molecular complexity index is 1000. The molecule has 0 fully saturated rings. The van der Waals surface area contributed by atoms with Crippen LogP contribution >= 0.6 is 15.9 Å². The van der Waals surface area contributed by atoms with Gasteiger partial charge in [-0.2, -0.15) is 5.26 Å². The Kier molecular flexibility index (Phi) is 5.01. The van der Waals surface area contributed by atoms with Gasteiger partial charge in [0.15, 0.2) is 0 Å². The van der Waals surface area contributed by atoms with Crippen molar-refractivity contribution in [2.45, 2.75) is 6.92 Å². The first-order valence-corrected chi connectivity index (χ1v) is 8.58. The van der Waals surface area contributed by atoms with Crippen molar-refractivity contribution < 1.29 is 4.74 Å². The Balaban J connectivity index is 2.14. The van der Waals surface area contributed by atoms with Gasteiger partial charge in [-0.15, -0.1) is 0 Å². The van der Waals surface area contributed by atoms with Gasteiger partial charge in [0.25, 0.3) is 5.56 Å². The molecule has 0 saturated carbocycles. The predicted octanol–water partition coefficient (Wildman–Crippen LogP) is 4.74. The molecule has 0 aliphatic rings. The second-order valence-electron chi connectivity index (χ2n) is 5.38. The zero-order valence-electron chi connectivity index (χ0n) is 13.5. The largest absolute Gasteiger partial charge is 0.494 e. The molecule has 1 heterocycles. The van der Waals surface area contributed by atoms with E-state index in [1.165, 1.54) is 0 Å². The lowest BCUT2D eigenvalue weighted by Crippen LogP contribution is -2.12. The van der Waals surface area contributed by atoms with Gasteiger partial charge in [0.1, 0.15) is 17.4 Å². The number of nitrogens with one attached hydrogen (secondary N) is 1. The van der Waals surface area contributed by atoms with Crippen molar-refractivity contribution in [3.05, 3.63) is 75.0 Å². The van der Waals surface area contributed by atoms with Crippen LogP contribution in [0.25, 0.3) is 22.4 Å². The number of rotatable bonds is 4. The normalized spacial score (nSPS) is 10.3. The second kappa shape index (κ2) is 7.37. The number of H-pyrrole nitrogens is 1. The van der Waals surface area contributed by atoms with Gasteiger partial charge < -0.3 is 9.72 Å². The third-order valence-electron chi connectivity index (χ3n) is 3.76. The van der Waals surface area contributed by atoms with E-state index in [9.17, 15) is 10.1 Å². The lowest BCUT2D eigenvalue weighted by atomic mass is 9.99. The van der Waals surface area contributed by atoms with Crippen molar-refractivity contribution >= 4 is 15.9 Å². The van der Waals surface area contributed by atoms with E-state index in [-0.39, 0.29) is 5.56 Å². The Morgan fingerprint density at radius 2 is 1.88 bits per heavy atom. The van der Waals surface area contributed by atoms with E-state index < -0.39 is 5.56 Å². The number of hydrogen-bond acceptors (Lipinski definition) is 3. The third-order valence-corrected chi connectivity index (χ3v) is 4.25. The number of benzene rings is 2. The first-order valence-electron chi connectivity index (χ1n) is 7.79. The number of pyridine rings is 1. The monoisotopic (exact) mass is 394 g/mol. The molecular weight excluding hydrogens is 380 g/mol. The molecule has 0 atom stereocenters. The van der Waals surface area contributed by atoms with E-state index in [0.717, 1.165) is 21.3 Å². The summed E-state index contributed by atoms with van der Waals surface area (Å²) in [6, 6.07) is 18.8. The van der Waals surface area contributed by atoms with Crippen molar-refractivity contribution in [3.8, 4) is 34.2 Å². The summed E-state index contributed by atoms with van der Waals surface area (Å²) in [4.78, 5) is 15.2. The summed E-state index contributed by atoms with van der Waals surface area (Å²) in [6.45, 7) is 2.52. The number of nitriles is 1. The minimum atomic E-state index is -0.399. The fourth-order valence-electron chi connectivity index (χ4n) is 2.61. The maximum absolute atomic E-state index is 12.4. The molecule has 0 bridgehead atoms. The van der Waals surface area contributed by atoms with Gasteiger partial charge in [0.05, 0.1) is 6.61 Å². The number of halogens is 1. The SMILES string of the molecule is CCOc1ccc(-c2cc(-c3cccc(Br)c3)c(C#N)c(=O)[nH]2)cc1. The van der Waals surface area contributed by atoms with E-state index in [4.69, 9.17) is 4.74 Å². The molecule has 1 N–H and O–H groups in total. The van der Waals surface area contributed by atoms with Crippen molar-refractivity contribution in [3.63, 3.8) is 0 Å². The first kappa shape index (κ1) is 17.0. The highest BCUT2D eigenvalue weighted by molar-refractivity contribution is 9.10. The summed E-state index contributed by atoms with van der Waals surface area (Å²) in [5, 5.41) is 9.39. The summed E-state index contributed by atoms with van der Waals surface area (Å²) in [7, 11) is 0. The zero-order chi connectivity index (χ0) is 17.8. The van der Waals surface area contributed by atoms with Crippen LogP contribution in [0.5, 0.6) is 5.75 Å². The van der Waals surface area contributed by atoms with Crippen LogP contribution in [0, 0.1) is 11.3 Å². The van der Waals surface area contributed by atoms with Gasteiger partial charge in [-0.1, -0.05) is 28.1 Å². The van der Waals surface area contributed by atoms with Crippen LogP contribution in [0.3, 0.4) is 0 Å². The molecule has 0 radical (unpaired) electrons. The first-order chi connectivity index (χ1) is 12.1. The van der Waals surface area contributed by atoms with Crippen molar-refractivity contribution in [1.82, 2.24) is 4.98 Å². The molecule has 0 aliphatic carbocycles. The predicted molar refractivity (Wildman–Crippen MR) is 102 cm³/mol. The maximum atomic E-state index is 12.4. The number of ether oxygens (including phenoxy) is 1. The van der Waals surface area contributed by atoms with Crippen LogP contribution in [0.15, 0.2) is 63.9 Å². The van der Waals surface area contributed by atoms with Crippen molar-refractivity contribution in [2.75, 3.05) is 6.61 Å². The molecule has 0 spiro atoms. The molecule has 4 nitrogen and oxygen atoms in total. The highest BCUT2D eigenvalue weighted by Gasteiger charge is 2.12. The molecule has 25 heavy (non-hydrogen) atoms. The molecule has 124 valence electrons. The summed E-state index contributed by atoms with van der Waals surface area (Å²) in [6.07, 6.45) is 0. The number of nitrogens with zero attached hydrogens (tertiary/aromatic N) is 1. The van der Waals surface area contributed by atoms with Gasteiger partial charge in [-0.05, 0) is 60.5 Å². The Labute approximate surface area is 153 Å². The molecule has 0 saturated heterocycles. The molecule has 5 heteroatoms. The minimum absolute atomic E-state index is 0.104. The second-order valence-corrected chi connectivity index (χ2v) is 6.30. The van der Waals surface area contributed by atoms with E-state index in [1.807, 2.05) is 67.6 Å². The lowest BCUT2D eigenvalue weighted by molar-refractivity contribution is 0.340. The minimum Gasteiger partial charge on any atom is -0.494 e. The smallest absolute Gasteiger partial charge is 0.266 e. The number of aromatic nitrogens is 1. The summed E-state index contributed by atoms with van der Waals surface area (Å²) < 4.78 is 6.33. The molecular formula is C20H15BrN2O2. The lowest BCUT2D eigenvalue weighted by Gasteiger charge is -2.09. The van der Waals surface area contributed by atoms with Gasteiger partial charge in [-0.3, -0.25) is 4.79 Å². The van der Waals surface area contributed by atoms with E-state index in [0.29, 0.717) is 17.9 Å². The molecule has 3 aromatic rings. The Morgan fingerprint density at radius 1 is 1.12 bits per heavy atom. The average Bonchev–Trinajstić information content (AvgIpc) is 2.62. The van der Waals surface area contributed by atoms with Crippen LogP contribution < -0.4 is 10.3 Å². The molecule has 0 unspecified atom stereocenters. The molecule has 3 rings (SSSR count). The van der Waals surface area contributed by atoms with Crippen LogP contribution in [-0.4, -0.2) is 11.6 Å². The van der Waals surface area contributed by atoms with Crippen LogP contribution in [-0.2, 0) is 0 Å². The number of hydrogen-bond donors (Lipinski definition) is 1. The summed E-state index contributed by atoms with van der Waals surface area (Å²) in [5.74, 6) is 0.773. The van der Waals surface area contributed by atoms with E-state index in [1.54, 1.807) is 0 Å². The highest BCUT2D eigenvalue weighted by atomic mass is 79.9. The summed E-state index contributed by atoms with van der Waals surface area (Å²) >= 11 is 3.43. The summed E-state index contributed by atoms with van der Waals surface area (Å²) in [5.41, 5.74) is 2.63. The Hall–Kier alpha value is -2.84. The standard InChI is InChI=1S/C20H15BrN2O2/c1-2-25-16-8-6-13(7-9-16)19-11-17(18(12-22)20(24)23-19)14-4-3-5-15(21)10-14/h3-11H,2H2,1H3,(H,23,24). The molecule has 1 aromatic heterocycles. The van der Waals surface area contributed by atoms with Crippen LogP contribution in [0.4, 0.5) is 0 Å². The average molecular weight is 395 g/mol. The van der Waals surface area contributed by atoms with Gasteiger partial charge in [0, 0.05) is 15.7 Å². The topological polar surface area (TPSA) is 65.9 Å². The quantitative estimate of drug-likeness (QED) is 0.694.